The van der Waals surface area contributed by atoms with Crippen LogP contribution in [-0.4, -0.2) is 13.4 Å². The zero-order valence-corrected chi connectivity index (χ0v) is 13.5. The Hall–Kier alpha value is -1.15. The number of nitrogens with one attached hydrogen (secondary N) is 1. The second-order valence-electron chi connectivity index (χ2n) is 4.12. The number of thiophene rings is 1. The van der Waals surface area contributed by atoms with Crippen LogP contribution in [0.25, 0.3) is 10.1 Å². The largest absolute Gasteiger partial charge is 0.279 e. The molecule has 0 aliphatic heterocycles. The molecule has 2 heterocycles. The zero-order chi connectivity index (χ0) is 14.3. The molecule has 0 amide bonds. The Labute approximate surface area is 129 Å². The lowest BCUT2D eigenvalue weighted by atomic mass is 10.2. The van der Waals surface area contributed by atoms with Crippen LogP contribution in [-0.2, 0) is 10.0 Å². The van der Waals surface area contributed by atoms with Crippen molar-refractivity contribution in [2.75, 3.05) is 4.72 Å². The maximum atomic E-state index is 12.3. The van der Waals surface area contributed by atoms with Crippen molar-refractivity contribution in [3.05, 3.63) is 39.8 Å². The van der Waals surface area contributed by atoms with E-state index in [-0.39, 0.29) is 8.68 Å². The minimum atomic E-state index is -3.65. The molecule has 0 bridgehead atoms. The Balaban J connectivity index is 1.98. The van der Waals surface area contributed by atoms with Crippen LogP contribution in [0.4, 0.5) is 5.69 Å². The normalized spacial score (nSPS) is 11.9. The van der Waals surface area contributed by atoms with Gasteiger partial charge in [-0.05, 0) is 42.0 Å². The van der Waals surface area contributed by atoms with E-state index in [0.717, 1.165) is 21.4 Å². The van der Waals surface area contributed by atoms with Crippen LogP contribution in [0.1, 0.15) is 5.69 Å². The fraction of sp³-hybridized carbons (Fsp3) is 0.0833. The van der Waals surface area contributed by atoms with Gasteiger partial charge in [0.2, 0.25) is 0 Å². The summed E-state index contributed by atoms with van der Waals surface area (Å²) in [6, 6.07) is 7.40. The van der Waals surface area contributed by atoms with Crippen molar-refractivity contribution in [1.29, 1.82) is 0 Å². The van der Waals surface area contributed by atoms with Crippen molar-refractivity contribution in [2.24, 2.45) is 0 Å². The van der Waals surface area contributed by atoms with Gasteiger partial charge in [0.1, 0.15) is 0 Å². The van der Waals surface area contributed by atoms with Crippen LogP contribution in [0.5, 0.6) is 0 Å². The molecule has 104 valence electrons. The number of anilines is 1. The molecule has 1 N–H and O–H groups in total. The summed E-state index contributed by atoms with van der Waals surface area (Å²) in [5.41, 5.74) is 0.934. The molecular weight excluding hydrogens is 336 g/mol. The van der Waals surface area contributed by atoms with Crippen molar-refractivity contribution in [3.8, 4) is 0 Å². The van der Waals surface area contributed by atoms with Crippen molar-refractivity contribution in [1.82, 2.24) is 4.98 Å². The summed E-state index contributed by atoms with van der Waals surface area (Å²) >= 11 is 8.32. The summed E-state index contributed by atoms with van der Waals surface area (Å²) < 4.78 is 28.7. The second kappa shape index (κ2) is 5.00. The topological polar surface area (TPSA) is 59.1 Å². The number of hydrogen-bond donors (Lipinski definition) is 1. The van der Waals surface area contributed by atoms with E-state index in [0.29, 0.717) is 11.4 Å². The lowest BCUT2D eigenvalue weighted by molar-refractivity contribution is 0.602. The molecule has 2 aromatic heterocycles. The molecule has 0 radical (unpaired) electrons. The van der Waals surface area contributed by atoms with Crippen molar-refractivity contribution in [3.63, 3.8) is 0 Å². The van der Waals surface area contributed by atoms with Gasteiger partial charge in [0, 0.05) is 10.4 Å². The Bertz CT molecular complexity index is 883. The second-order valence-corrected chi connectivity index (χ2v) is 8.52. The van der Waals surface area contributed by atoms with Gasteiger partial charge < -0.3 is 0 Å². The van der Waals surface area contributed by atoms with Gasteiger partial charge in [-0.25, -0.2) is 13.4 Å². The zero-order valence-electron chi connectivity index (χ0n) is 10.3. The third-order valence-corrected chi connectivity index (χ3v) is 6.83. The first-order chi connectivity index (χ1) is 9.45. The maximum Gasteiger partial charge on any atom is 0.273 e. The van der Waals surface area contributed by atoms with Crippen LogP contribution >= 0.6 is 34.3 Å². The quantitative estimate of drug-likeness (QED) is 0.777. The number of rotatable bonds is 3. The van der Waals surface area contributed by atoms with Crippen LogP contribution < -0.4 is 4.72 Å². The van der Waals surface area contributed by atoms with E-state index in [1.165, 1.54) is 0 Å². The highest BCUT2D eigenvalue weighted by molar-refractivity contribution is 7.94. The van der Waals surface area contributed by atoms with Gasteiger partial charge in [-0.2, -0.15) is 0 Å². The van der Waals surface area contributed by atoms with E-state index in [9.17, 15) is 8.42 Å². The van der Waals surface area contributed by atoms with E-state index in [4.69, 9.17) is 11.6 Å². The molecule has 0 unspecified atom stereocenters. The number of nitrogens with zero attached hydrogens (tertiary/aromatic N) is 1. The molecule has 4 nitrogen and oxygen atoms in total. The summed E-state index contributed by atoms with van der Waals surface area (Å²) in [5, 5.41) is 2.98. The predicted octanol–water partition coefficient (Wildman–Crippen LogP) is 4.12. The van der Waals surface area contributed by atoms with Gasteiger partial charge in [0.05, 0.1) is 5.69 Å². The van der Waals surface area contributed by atoms with E-state index in [1.807, 2.05) is 17.5 Å². The Morgan fingerprint density at radius 3 is 2.80 bits per heavy atom. The molecule has 0 aliphatic carbocycles. The summed E-state index contributed by atoms with van der Waals surface area (Å²) in [5.74, 6) is 0. The number of thiazole rings is 1. The fourth-order valence-corrected chi connectivity index (χ4v) is 5.39. The highest BCUT2D eigenvalue weighted by Gasteiger charge is 2.21. The number of hydrogen-bond acceptors (Lipinski definition) is 5. The average molecular weight is 345 g/mol. The smallest absolute Gasteiger partial charge is 0.273 e. The summed E-state index contributed by atoms with van der Waals surface area (Å²) in [7, 11) is -3.65. The fourth-order valence-electron chi connectivity index (χ4n) is 1.83. The molecule has 0 spiro atoms. The Morgan fingerprint density at radius 2 is 2.10 bits per heavy atom. The molecule has 0 fully saturated rings. The first kappa shape index (κ1) is 13.8. The van der Waals surface area contributed by atoms with Gasteiger partial charge in [-0.3, -0.25) is 4.72 Å². The first-order valence-electron chi connectivity index (χ1n) is 5.59. The number of halogens is 1. The standard InChI is InChI=1S/C12H9ClN2O2S3/c1-7-11(19-12(13)14-7)20(16,17)15-9-2-3-10-8(6-9)4-5-18-10/h2-6,15H,1H3. The first-order valence-corrected chi connectivity index (χ1v) is 9.14. The summed E-state index contributed by atoms with van der Waals surface area (Å²) in [6.07, 6.45) is 0. The van der Waals surface area contributed by atoms with Gasteiger partial charge in [-0.1, -0.05) is 22.9 Å². The van der Waals surface area contributed by atoms with Gasteiger partial charge in [0.15, 0.2) is 8.68 Å². The minimum absolute atomic E-state index is 0.146. The third kappa shape index (κ3) is 2.54. The summed E-state index contributed by atoms with van der Waals surface area (Å²) in [6.45, 7) is 1.62. The molecule has 0 aliphatic rings. The van der Waals surface area contributed by atoms with Crippen LogP contribution in [0, 0.1) is 6.92 Å². The Morgan fingerprint density at radius 1 is 1.30 bits per heavy atom. The lowest BCUT2D eigenvalue weighted by Gasteiger charge is -2.06. The number of aryl methyl sites for hydroxylation is 1. The molecule has 3 aromatic rings. The van der Waals surface area contributed by atoms with Gasteiger partial charge in [0.25, 0.3) is 10.0 Å². The molecule has 3 rings (SSSR count). The summed E-state index contributed by atoms with van der Waals surface area (Å²) in [4.78, 5) is 3.93. The average Bonchev–Trinajstić information content (AvgIpc) is 2.94. The van der Waals surface area contributed by atoms with Crippen molar-refractivity contribution in [2.45, 2.75) is 11.1 Å². The monoisotopic (exact) mass is 344 g/mol. The molecule has 1 aromatic carbocycles. The van der Waals surface area contributed by atoms with E-state index < -0.39 is 10.0 Å². The highest BCUT2D eigenvalue weighted by Crippen LogP contribution is 2.30. The molecule has 8 heteroatoms. The number of aromatic nitrogens is 1. The van der Waals surface area contributed by atoms with E-state index in [2.05, 4.69) is 9.71 Å². The van der Waals surface area contributed by atoms with Crippen LogP contribution in [0.15, 0.2) is 33.9 Å². The van der Waals surface area contributed by atoms with Gasteiger partial charge in [-0.15, -0.1) is 11.3 Å². The molecule has 0 saturated heterocycles. The Kier molecular flexibility index (Phi) is 3.45. The minimum Gasteiger partial charge on any atom is -0.279 e. The molecule has 0 saturated carbocycles. The van der Waals surface area contributed by atoms with Crippen LogP contribution in [0.3, 0.4) is 0 Å². The lowest BCUT2D eigenvalue weighted by Crippen LogP contribution is -2.12. The SMILES string of the molecule is Cc1nc(Cl)sc1S(=O)(=O)Nc1ccc2sccc2c1. The van der Waals surface area contributed by atoms with Crippen molar-refractivity contribution < 1.29 is 8.42 Å². The van der Waals surface area contributed by atoms with Crippen LogP contribution in [0.2, 0.25) is 4.47 Å². The van der Waals surface area contributed by atoms with Gasteiger partial charge >= 0.3 is 0 Å². The third-order valence-electron chi connectivity index (χ3n) is 2.68. The van der Waals surface area contributed by atoms with E-state index >= 15 is 0 Å². The maximum absolute atomic E-state index is 12.3. The molecule has 0 atom stereocenters. The molecular formula is C12H9ClN2O2S3. The highest BCUT2D eigenvalue weighted by atomic mass is 35.5. The molecule has 20 heavy (non-hydrogen) atoms. The van der Waals surface area contributed by atoms with Crippen molar-refractivity contribution >= 4 is 60.1 Å². The number of benzene rings is 1. The van der Waals surface area contributed by atoms with E-state index in [1.54, 1.807) is 30.4 Å². The number of sulfonamides is 1. The number of fused-ring (bicyclic) bond motifs is 1. The predicted molar refractivity (Wildman–Crippen MR) is 84.5 cm³/mol.